The Bertz CT molecular complexity index is 449. The summed E-state index contributed by atoms with van der Waals surface area (Å²) in [5.74, 6) is -0.318. The second kappa shape index (κ2) is 3.66. The quantitative estimate of drug-likeness (QED) is 0.798. The van der Waals surface area contributed by atoms with Gasteiger partial charge in [-0.25, -0.2) is 22.2 Å². The summed E-state index contributed by atoms with van der Waals surface area (Å²) in [6.07, 6.45) is -2.82. The maximum absolute atomic E-state index is 12.2. The predicted molar refractivity (Wildman–Crippen MR) is 46.6 cm³/mol. The Labute approximate surface area is 83.1 Å². The summed E-state index contributed by atoms with van der Waals surface area (Å²) in [6.45, 7) is 0. The summed E-state index contributed by atoms with van der Waals surface area (Å²) in [5, 5.41) is -0.672. The second-order valence-electron chi connectivity index (χ2n) is 2.40. The van der Waals surface area contributed by atoms with Crippen molar-refractivity contribution >= 4 is 25.6 Å². The molecular formula is C6H5ClF2N2O2S. The third kappa shape index (κ3) is 2.52. The summed E-state index contributed by atoms with van der Waals surface area (Å²) in [4.78, 5) is 3.31. The number of hydrogen-bond acceptors (Lipinski definition) is 4. The number of aromatic nitrogens is 1. The lowest BCUT2D eigenvalue weighted by atomic mass is 10.3. The molecule has 0 amide bonds. The van der Waals surface area contributed by atoms with Crippen LogP contribution in [0.4, 0.5) is 14.6 Å². The number of halogens is 3. The van der Waals surface area contributed by atoms with E-state index in [0.717, 1.165) is 6.07 Å². The maximum Gasteiger partial charge on any atom is 0.278 e. The van der Waals surface area contributed by atoms with E-state index in [1.807, 2.05) is 0 Å². The molecule has 0 unspecified atom stereocenters. The van der Waals surface area contributed by atoms with Crippen molar-refractivity contribution in [2.75, 3.05) is 5.73 Å². The van der Waals surface area contributed by atoms with Crippen molar-refractivity contribution in [2.45, 2.75) is 11.5 Å². The molecule has 1 heterocycles. The van der Waals surface area contributed by atoms with Crippen molar-refractivity contribution in [2.24, 2.45) is 0 Å². The number of alkyl halides is 2. The van der Waals surface area contributed by atoms with Crippen LogP contribution in [-0.4, -0.2) is 13.4 Å². The van der Waals surface area contributed by atoms with E-state index in [2.05, 4.69) is 4.98 Å². The summed E-state index contributed by atoms with van der Waals surface area (Å²) >= 11 is 0. The van der Waals surface area contributed by atoms with Crippen LogP contribution in [0.25, 0.3) is 0 Å². The highest BCUT2D eigenvalue weighted by molar-refractivity contribution is 8.13. The monoisotopic (exact) mass is 242 g/mol. The molecule has 0 atom stereocenters. The van der Waals surface area contributed by atoms with Crippen molar-refractivity contribution in [3.8, 4) is 0 Å². The molecular weight excluding hydrogens is 238 g/mol. The van der Waals surface area contributed by atoms with Crippen LogP contribution in [0.5, 0.6) is 0 Å². The number of pyridine rings is 1. The molecule has 14 heavy (non-hydrogen) atoms. The van der Waals surface area contributed by atoms with Gasteiger partial charge in [-0.15, -0.1) is 0 Å². The zero-order chi connectivity index (χ0) is 10.9. The molecule has 8 heteroatoms. The summed E-state index contributed by atoms with van der Waals surface area (Å²) in [5.41, 5.74) is 4.60. The topological polar surface area (TPSA) is 73.1 Å². The standard InChI is InChI=1S/C6H5ClF2N2O2S/c7-14(12,13)5-2-3(6(8)9)1-4(10)11-5/h1-2,6H,(H2,10,11). The van der Waals surface area contributed by atoms with Crippen molar-refractivity contribution in [1.82, 2.24) is 4.98 Å². The van der Waals surface area contributed by atoms with Crippen molar-refractivity contribution in [1.29, 1.82) is 0 Å². The summed E-state index contributed by atoms with van der Waals surface area (Å²) < 4.78 is 45.9. The average Bonchev–Trinajstić information content (AvgIpc) is 2.01. The molecule has 78 valence electrons. The molecule has 0 aliphatic heterocycles. The molecule has 0 aliphatic rings. The first kappa shape index (κ1) is 11.1. The van der Waals surface area contributed by atoms with E-state index in [1.165, 1.54) is 0 Å². The van der Waals surface area contributed by atoms with E-state index in [9.17, 15) is 17.2 Å². The van der Waals surface area contributed by atoms with E-state index >= 15 is 0 Å². The van der Waals surface area contributed by atoms with E-state index in [-0.39, 0.29) is 5.82 Å². The van der Waals surface area contributed by atoms with Gasteiger partial charge in [0.1, 0.15) is 5.82 Å². The van der Waals surface area contributed by atoms with Gasteiger partial charge in [-0.1, -0.05) is 0 Å². The van der Waals surface area contributed by atoms with Crippen LogP contribution in [0.3, 0.4) is 0 Å². The first-order valence-corrected chi connectivity index (χ1v) is 5.62. The SMILES string of the molecule is Nc1cc(C(F)F)cc(S(=O)(=O)Cl)n1. The smallest absolute Gasteiger partial charge is 0.278 e. The number of rotatable bonds is 2. The largest absolute Gasteiger partial charge is 0.384 e. The van der Waals surface area contributed by atoms with Crippen LogP contribution >= 0.6 is 10.7 Å². The van der Waals surface area contributed by atoms with Crippen LogP contribution in [0, 0.1) is 0 Å². The fourth-order valence-corrected chi connectivity index (χ4v) is 1.53. The molecule has 0 aromatic carbocycles. The van der Waals surface area contributed by atoms with Crippen LogP contribution < -0.4 is 5.73 Å². The molecule has 0 aliphatic carbocycles. The zero-order valence-electron chi connectivity index (χ0n) is 6.62. The number of nitrogens with zero attached hydrogens (tertiary/aromatic N) is 1. The number of hydrogen-bond donors (Lipinski definition) is 1. The Balaban J connectivity index is 3.35. The van der Waals surface area contributed by atoms with Gasteiger partial charge in [0, 0.05) is 16.2 Å². The fraction of sp³-hybridized carbons (Fsp3) is 0.167. The van der Waals surface area contributed by atoms with Crippen molar-refractivity contribution < 1.29 is 17.2 Å². The highest BCUT2D eigenvalue weighted by atomic mass is 35.7. The lowest BCUT2D eigenvalue weighted by molar-refractivity contribution is 0.151. The van der Waals surface area contributed by atoms with Gasteiger partial charge in [0.2, 0.25) is 0 Å². The molecule has 4 nitrogen and oxygen atoms in total. The van der Waals surface area contributed by atoms with E-state index < -0.39 is 26.1 Å². The predicted octanol–water partition coefficient (Wildman–Crippen LogP) is 1.53. The minimum Gasteiger partial charge on any atom is -0.384 e. The fourth-order valence-electron chi connectivity index (χ4n) is 0.798. The number of nitrogens with two attached hydrogens (primary N) is 1. The zero-order valence-corrected chi connectivity index (χ0v) is 8.19. The lowest BCUT2D eigenvalue weighted by Crippen LogP contribution is -2.01. The maximum atomic E-state index is 12.2. The van der Waals surface area contributed by atoms with E-state index in [1.54, 1.807) is 0 Å². The van der Waals surface area contributed by atoms with Gasteiger partial charge in [-0.2, -0.15) is 0 Å². The minimum atomic E-state index is -4.13. The molecule has 0 saturated carbocycles. The van der Waals surface area contributed by atoms with Crippen molar-refractivity contribution in [3.05, 3.63) is 17.7 Å². The molecule has 0 saturated heterocycles. The summed E-state index contributed by atoms with van der Waals surface area (Å²) in [6, 6.07) is 1.57. The Morgan fingerprint density at radius 2 is 2.00 bits per heavy atom. The van der Waals surface area contributed by atoms with Gasteiger partial charge < -0.3 is 5.73 Å². The first-order valence-electron chi connectivity index (χ1n) is 3.31. The molecule has 0 spiro atoms. The Kier molecular flexibility index (Phi) is 2.91. The average molecular weight is 243 g/mol. The van der Waals surface area contributed by atoms with Crippen LogP contribution in [0.15, 0.2) is 17.2 Å². The van der Waals surface area contributed by atoms with Crippen LogP contribution in [-0.2, 0) is 9.05 Å². The highest BCUT2D eigenvalue weighted by Gasteiger charge is 2.17. The van der Waals surface area contributed by atoms with Gasteiger partial charge in [-0.05, 0) is 12.1 Å². The highest BCUT2D eigenvalue weighted by Crippen LogP contribution is 2.24. The molecule has 1 rings (SSSR count). The van der Waals surface area contributed by atoms with Crippen molar-refractivity contribution in [3.63, 3.8) is 0 Å². The molecule has 0 radical (unpaired) electrons. The molecule has 0 fully saturated rings. The van der Waals surface area contributed by atoms with E-state index in [4.69, 9.17) is 16.4 Å². The normalized spacial score (nSPS) is 12.0. The Hall–Kier alpha value is -0.950. The Morgan fingerprint density at radius 3 is 2.43 bits per heavy atom. The third-order valence-electron chi connectivity index (χ3n) is 1.35. The van der Waals surface area contributed by atoms with E-state index in [0.29, 0.717) is 6.07 Å². The number of nitrogen functional groups attached to an aromatic ring is 1. The van der Waals surface area contributed by atoms with Gasteiger partial charge in [0.15, 0.2) is 5.03 Å². The first-order chi connectivity index (χ1) is 6.30. The van der Waals surface area contributed by atoms with Gasteiger partial charge in [0.05, 0.1) is 0 Å². The summed E-state index contributed by atoms with van der Waals surface area (Å²) in [7, 11) is 0.783. The lowest BCUT2D eigenvalue weighted by Gasteiger charge is -2.02. The van der Waals surface area contributed by atoms with Crippen LogP contribution in [0.2, 0.25) is 0 Å². The molecule has 2 N–H and O–H groups in total. The Morgan fingerprint density at radius 1 is 1.43 bits per heavy atom. The molecule has 1 aromatic heterocycles. The molecule has 1 aromatic rings. The van der Waals surface area contributed by atoms with Gasteiger partial charge in [0.25, 0.3) is 15.5 Å². The third-order valence-corrected chi connectivity index (χ3v) is 2.53. The number of anilines is 1. The molecule has 0 bridgehead atoms. The minimum absolute atomic E-state index is 0.318. The van der Waals surface area contributed by atoms with Gasteiger partial charge in [-0.3, -0.25) is 0 Å². The van der Waals surface area contributed by atoms with Crippen LogP contribution in [0.1, 0.15) is 12.0 Å². The second-order valence-corrected chi connectivity index (χ2v) is 4.91. The van der Waals surface area contributed by atoms with Gasteiger partial charge >= 0.3 is 0 Å².